The topological polar surface area (TPSA) is 59.6 Å². The quantitative estimate of drug-likeness (QED) is 0.897. The van der Waals surface area contributed by atoms with Gasteiger partial charge in [-0.3, -0.25) is 4.79 Å². The Balaban J connectivity index is 1.65. The molecule has 0 radical (unpaired) electrons. The predicted molar refractivity (Wildman–Crippen MR) is 85.0 cm³/mol. The molecule has 1 amide bonds. The second-order valence-electron chi connectivity index (χ2n) is 5.35. The number of rotatable bonds is 4. The maximum Gasteiger partial charge on any atom is 0.239 e. The van der Waals surface area contributed by atoms with Crippen LogP contribution in [0.25, 0.3) is 10.8 Å². The van der Waals surface area contributed by atoms with Gasteiger partial charge in [-0.05, 0) is 34.5 Å². The summed E-state index contributed by atoms with van der Waals surface area (Å²) in [6.07, 6.45) is 0. The maximum atomic E-state index is 12.0. The molecular weight excluding hydrogens is 280 g/mol. The van der Waals surface area contributed by atoms with E-state index in [1.807, 2.05) is 30.3 Å². The van der Waals surface area contributed by atoms with Crippen LogP contribution in [0.15, 0.2) is 36.4 Å². The molecule has 116 valence electrons. The molecule has 1 heterocycles. The highest BCUT2D eigenvalue weighted by Gasteiger charge is 2.20. The summed E-state index contributed by atoms with van der Waals surface area (Å²) in [7, 11) is 1.66. The first-order valence-corrected chi connectivity index (χ1v) is 7.42. The summed E-state index contributed by atoms with van der Waals surface area (Å²) in [6, 6.07) is 11.9. The number of methoxy groups -OCH3 is 1. The van der Waals surface area contributed by atoms with Crippen LogP contribution in [0.5, 0.6) is 5.75 Å². The SMILES string of the molecule is COc1ccc2cc(CNC(=O)C3COCCN3)ccc2c1. The van der Waals surface area contributed by atoms with Crippen LogP contribution in [0, 0.1) is 0 Å². The van der Waals surface area contributed by atoms with Crippen molar-refractivity contribution in [3.8, 4) is 5.75 Å². The zero-order valence-corrected chi connectivity index (χ0v) is 12.6. The van der Waals surface area contributed by atoms with Gasteiger partial charge in [0, 0.05) is 13.1 Å². The Labute approximate surface area is 129 Å². The van der Waals surface area contributed by atoms with Gasteiger partial charge in [0.1, 0.15) is 11.8 Å². The van der Waals surface area contributed by atoms with Crippen LogP contribution in [-0.4, -0.2) is 38.8 Å². The lowest BCUT2D eigenvalue weighted by Gasteiger charge is -2.22. The molecule has 1 unspecified atom stereocenters. The summed E-state index contributed by atoms with van der Waals surface area (Å²) in [5.74, 6) is 0.825. The Morgan fingerprint density at radius 2 is 2.14 bits per heavy atom. The van der Waals surface area contributed by atoms with Crippen LogP contribution in [-0.2, 0) is 16.1 Å². The molecule has 3 rings (SSSR count). The Bertz CT molecular complexity index is 666. The van der Waals surface area contributed by atoms with E-state index in [1.165, 1.54) is 0 Å². The number of hydrogen-bond donors (Lipinski definition) is 2. The molecule has 2 aromatic carbocycles. The van der Waals surface area contributed by atoms with E-state index in [0.29, 0.717) is 19.8 Å². The number of carbonyl (C=O) groups is 1. The van der Waals surface area contributed by atoms with Gasteiger partial charge >= 0.3 is 0 Å². The normalized spacial score (nSPS) is 18.1. The number of ether oxygens (including phenoxy) is 2. The van der Waals surface area contributed by atoms with E-state index in [9.17, 15) is 4.79 Å². The van der Waals surface area contributed by atoms with Crippen molar-refractivity contribution in [2.24, 2.45) is 0 Å². The summed E-state index contributed by atoms with van der Waals surface area (Å²) in [5, 5.41) is 8.35. The molecule has 0 aliphatic carbocycles. The Morgan fingerprint density at radius 3 is 2.91 bits per heavy atom. The van der Waals surface area contributed by atoms with Gasteiger partial charge < -0.3 is 20.1 Å². The lowest BCUT2D eigenvalue weighted by atomic mass is 10.1. The zero-order chi connectivity index (χ0) is 15.4. The first-order valence-electron chi connectivity index (χ1n) is 7.42. The Kier molecular flexibility index (Phi) is 4.56. The van der Waals surface area contributed by atoms with Crippen LogP contribution in [0.1, 0.15) is 5.56 Å². The molecule has 0 aromatic heterocycles. The van der Waals surface area contributed by atoms with Gasteiger partial charge in [0.2, 0.25) is 5.91 Å². The standard InChI is InChI=1S/C17H20N2O3/c1-21-15-5-4-13-8-12(2-3-14(13)9-15)10-19-17(20)16-11-22-7-6-18-16/h2-5,8-9,16,18H,6-7,10-11H2,1H3,(H,19,20). The van der Waals surface area contributed by atoms with Crippen molar-refractivity contribution in [2.45, 2.75) is 12.6 Å². The molecular formula is C17H20N2O3. The molecule has 5 heteroatoms. The maximum absolute atomic E-state index is 12.0. The molecule has 0 spiro atoms. The van der Waals surface area contributed by atoms with Gasteiger partial charge in [0.25, 0.3) is 0 Å². The minimum atomic E-state index is -0.251. The molecule has 0 bridgehead atoms. The number of amides is 1. The summed E-state index contributed by atoms with van der Waals surface area (Å²) < 4.78 is 10.5. The lowest BCUT2D eigenvalue weighted by Crippen LogP contribution is -2.51. The molecule has 1 saturated heterocycles. The minimum absolute atomic E-state index is 0.0190. The number of nitrogens with one attached hydrogen (secondary N) is 2. The second-order valence-corrected chi connectivity index (χ2v) is 5.35. The van der Waals surface area contributed by atoms with Gasteiger partial charge in [0.15, 0.2) is 0 Å². The van der Waals surface area contributed by atoms with Gasteiger partial charge in [0.05, 0.1) is 20.3 Å². The van der Waals surface area contributed by atoms with Crippen molar-refractivity contribution >= 4 is 16.7 Å². The highest BCUT2D eigenvalue weighted by molar-refractivity contribution is 5.85. The van der Waals surface area contributed by atoms with E-state index in [0.717, 1.165) is 28.6 Å². The van der Waals surface area contributed by atoms with Gasteiger partial charge in [-0.15, -0.1) is 0 Å². The van der Waals surface area contributed by atoms with E-state index in [-0.39, 0.29) is 11.9 Å². The molecule has 1 fully saturated rings. The minimum Gasteiger partial charge on any atom is -0.497 e. The van der Waals surface area contributed by atoms with Crippen molar-refractivity contribution in [3.05, 3.63) is 42.0 Å². The van der Waals surface area contributed by atoms with E-state index in [1.54, 1.807) is 7.11 Å². The van der Waals surface area contributed by atoms with Crippen molar-refractivity contribution in [1.29, 1.82) is 0 Å². The van der Waals surface area contributed by atoms with Gasteiger partial charge in [-0.2, -0.15) is 0 Å². The van der Waals surface area contributed by atoms with Crippen LogP contribution >= 0.6 is 0 Å². The molecule has 0 saturated carbocycles. The first-order chi connectivity index (χ1) is 10.8. The highest BCUT2D eigenvalue weighted by atomic mass is 16.5. The third kappa shape index (κ3) is 3.37. The number of carbonyl (C=O) groups excluding carboxylic acids is 1. The fraction of sp³-hybridized carbons (Fsp3) is 0.353. The van der Waals surface area contributed by atoms with Crippen molar-refractivity contribution in [3.63, 3.8) is 0 Å². The Hall–Kier alpha value is -2.11. The summed E-state index contributed by atoms with van der Waals surface area (Å²) >= 11 is 0. The van der Waals surface area contributed by atoms with Crippen LogP contribution in [0.2, 0.25) is 0 Å². The van der Waals surface area contributed by atoms with E-state index in [2.05, 4.69) is 16.7 Å². The third-order valence-electron chi connectivity index (χ3n) is 3.82. The number of hydrogen-bond acceptors (Lipinski definition) is 4. The summed E-state index contributed by atoms with van der Waals surface area (Å²) in [5.41, 5.74) is 1.07. The monoisotopic (exact) mass is 300 g/mol. The second kappa shape index (κ2) is 6.77. The average Bonchev–Trinajstić information content (AvgIpc) is 2.59. The predicted octanol–water partition coefficient (Wildman–Crippen LogP) is 1.45. The zero-order valence-electron chi connectivity index (χ0n) is 12.6. The van der Waals surface area contributed by atoms with Crippen molar-refractivity contribution in [2.75, 3.05) is 26.9 Å². The fourth-order valence-corrected chi connectivity index (χ4v) is 2.56. The van der Waals surface area contributed by atoms with E-state index < -0.39 is 0 Å². The molecule has 2 aromatic rings. The first kappa shape index (κ1) is 14.8. The van der Waals surface area contributed by atoms with Crippen LogP contribution < -0.4 is 15.4 Å². The molecule has 22 heavy (non-hydrogen) atoms. The highest BCUT2D eigenvalue weighted by Crippen LogP contribution is 2.21. The molecule has 1 aliphatic heterocycles. The van der Waals surface area contributed by atoms with Crippen LogP contribution in [0.3, 0.4) is 0 Å². The largest absolute Gasteiger partial charge is 0.497 e. The van der Waals surface area contributed by atoms with Gasteiger partial charge in [-0.1, -0.05) is 18.2 Å². The molecule has 2 N–H and O–H groups in total. The third-order valence-corrected chi connectivity index (χ3v) is 3.82. The smallest absolute Gasteiger partial charge is 0.239 e. The van der Waals surface area contributed by atoms with Crippen molar-refractivity contribution < 1.29 is 14.3 Å². The van der Waals surface area contributed by atoms with Crippen molar-refractivity contribution in [1.82, 2.24) is 10.6 Å². The van der Waals surface area contributed by atoms with E-state index >= 15 is 0 Å². The van der Waals surface area contributed by atoms with Crippen LogP contribution in [0.4, 0.5) is 0 Å². The summed E-state index contributed by atoms with van der Waals surface area (Å²) in [4.78, 5) is 12.0. The molecule has 5 nitrogen and oxygen atoms in total. The molecule has 1 atom stereocenters. The number of morpholine rings is 1. The average molecular weight is 300 g/mol. The number of fused-ring (bicyclic) bond motifs is 1. The number of benzene rings is 2. The Morgan fingerprint density at radius 1 is 1.32 bits per heavy atom. The van der Waals surface area contributed by atoms with Gasteiger partial charge in [-0.25, -0.2) is 0 Å². The summed E-state index contributed by atoms with van der Waals surface area (Å²) in [6.45, 7) is 2.33. The van der Waals surface area contributed by atoms with E-state index in [4.69, 9.17) is 9.47 Å². The fourth-order valence-electron chi connectivity index (χ4n) is 2.56. The molecule has 1 aliphatic rings. The lowest BCUT2D eigenvalue weighted by molar-refractivity contribution is -0.126.